The zero-order valence-corrected chi connectivity index (χ0v) is 16.8. The molecule has 28 heavy (non-hydrogen) atoms. The van der Waals surface area contributed by atoms with Gasteiger partial charge in [-0.3, -0.25) is 0 Å². The summed E-state index contributed by atoms with van der Waals surface area (Å²) in [5.74, 6) is 0.981. The van der Waals surface area contributed by atoms with Gasteiger partial charge < -0.3 is 9.80 Å². The quantitative estimate of drug-likeness (QED) is 0.621. The van der Waals surface area contributed by atoms with Crippen molar-refractivity contribution in [3.63, 3.8) is 0 Å². The van der Waals surface area contributed by atoms with Gasteiger partial charge in [-0.25, -0.2) is 4.68 Å². The number of hydrogen-bond acceptors (Lipinski definition) is 3. The van der Waals surface area contributed by atoms with Gasteiger partial charge in [0.05, 0.1) is 7.05 Å². The molecule has 0 bridgehead atoms. The van der Waals surface area contributed by atoms with Crippen LogP contribution in [0.15, 0.2) is 54.6 Å². The molecule has 4 rings (SSSR count). The van der Waals surface area contributed by atoms with Crippen LogP contribution >= 0.6 is 0 Å². The van der Waals surface area contributed by atoms with Crippen molar-refractivity contribution >= 4 is 0 Å². The van der Waals surface area contributed by atoms with E-state index in [0.717, 1.165) is 31.9 Å². The molecule has 3 aromatic rings. The van der Waals surface area contributed by atoms with Gasteiger partial charge in [-0.1, -0.05) is 60.2 Å². The minimum absolute atomic E-state index is 0.180. The second-order valence-corrected chi connectivity index (χ2v) is 7.95. The highest BCUT2D eigenvalue weighted by Gasteiger charge is 2.34. The summed E-state index contributed by atoms with van der Waals surface area (Å²) in [7, 11) is 2.28. The largest absolute Gasteiger partial charge is 0.328 e. The fraction of sp³-hybridized carbons (Fsp3) is 0.409. The van der Waals surface area contributed by atoms with Gasteiger partial charge in [-0.2, -0.15) is 0 Å². The number of piperazine rings is 1. The van der Waals surface area contributed by atoms with E-state index >= 15 is 0 Å². The Labute approximate surface area is 166 Å². The van der Waals surface area contributed by atoms with Crippen LogP contribution in [0.5, 0.6) is 0 Å². The van der Waals surface area contributed by atoms with Crippen molar-refractivity contribution in [2.45, 2.75) is 25.9 Å². The van der Waals surface area contributed by atoms with Gasteiger partial charge in [0.2, 0.25) is 5.82 Å². The van der Waals surface area contributed by atoms with Gasteiger partial charge in [0.25, 0.3) is 0 Å². The number of aryl methyl sites for hydroxylation is 3. The monoisotopic (exact) mass is 378 g/mol. The van der Waals surface area contributed by atoms with Crippen LogP contribution in [0, 0.1) is 6.92 Å². The lowest BCUT2D eigenvalue weighted by molar-refractivity contribution is -1.02. The zero-order chi connectivity index (χ0) is 19.3. The van der Waals surface area contributed by atoms with Gasteiger partial charge in [-0.05, 0) is 29.3 Å². The van der Waals surface area contributed by atoms with Crippen LogP contribution in [-0.2, 0) is 13.0 Å². The molecule has 1 aromatic heterocycles. The molecular weight excluding hydrogens is 348 g/mol. The molecule has 1 aliphatic rings. The van der Waals surface area contributed by atoms with E-state index in [4.69, 9.17) is 0 Å². The van der Waals surface area contributed by atoms with E-state index in [-0.39, 0.29) is 6.04 Å². The molecule has 0 radical (unpaired) electrons. The lowest BCUT2D eigenvalue weighted by Gasteiger charge is -2.32. The van der Waals surface area contributed by atoms with Gasteiger partial charge in [-0.15, -0.1) is 5.10 Å². The maximum Gasteiger partial charge on any atom is 0.214 e. The first-order valence-electron chi connectivity index (χ1n) is 10.2. The molecule has 6 heteroatoms. The summed E-state index contributed by atoms with van der Waals surface area (Å²) >= 11 is 0. The second kappa shape index (κ2) is 8.63. The number of tetrazole rings is 1. The van der Waals surface area contributed by atoms with Gasteiger partial charge in [0, 0.05) is 12.1 Å². The number of quaternary nitrogens is 2. The number of likely N-dealkylation sites (N-methyl/N-ethyl adjacent to an activating group) is 1. The van der Waals surface area contributed by atoms with Crippen molar-refractivity contribution < 1.29 is 9.80 Å². The third-order valence-electron chi connectivity index (χ3n) is 5.84. The van der Waals surface area contributed by atoms with Crippen LogP contribution in [0.1, 0.15) is 28.6 Å². The summed E-state index contributed by atoms with van der Waals surface area (Å²) < 4.78 is 2.01. The summed E-state index contributed by atoms with van der Waals surface area (Å²) in [6, 6.07) is 19.6. The van der Waals surface area contributed by atoms with Gasteiger partial charge in [0.1, 0.15) is 26.2 Å². The second-order valence-electron chi connectivity index (χ2n) is 7.95. The maximum absolute atomic E-state index is 4.50. The summed E-state index contributed by atoms with van der Waals surface area (Å²) in [6.45, 7) is 7.57. The molecule has 1 aliphatic heterocycles. The molecule has 6 nitrogen and oxygen atoms in total. The van der Waals surface area contributed by atoms with Crippen molar-refractivity contribution in [2.24, 2.45) is 0 Å². The van der Waals surface area contributed by atoms with Gasteiger partial charge >= 0.3 is 0 Å². The summed E-state index contributed by atoms with van der Waals surface area (Å²) in [5, 5.41) is 12.9. The van der Waals surface area contributed by atoms with Crippen LogP contribution < -0.4 is 9.80 Å². The molecule has 1 fully saturated rings. The number of nitrogens with one attached hydrogen (secondary N) is 2. The molecule has 0 amide bonds. The van der Waals surface area contributed by atoms with Crippen LogP contribution in [-0.4, -0.2) is 53.4 Å². The molecule has 1 atom stereocenters. The SMILES string of the molecule is Cc1ccc([C@H](c2nnnn2CCc2ccccc2)[NH+]2CC[NH+](C)CC2)cc1. The molecule has 0 unspecified atom stereocenters. The van der Waals surface area contributed by atoms with Crippen molar-refractivity contribution in [1.82, 2.24) is 20.2 Å². The summed E-state index contributed by atoms with van der Waals surface area (Å²) in [6.07, 6.45) is 0.932. The molecule has 0 spiro atoms. The number of rotatable bonds is 6. The molecule has 146 valence electrons. The standard InChI is InChI=1S/C22H28N6/c1-18-8-10-20(11-9-18)21(27-16-14-26(2)15-17-27)22-23-24-25-28(22)13-12-19-6-4-3-5-7-19/h3-11,21H,12-17H2,1-2H3/p+2/t21-/m1/s1. The van der Waals surface area contributed by atoms with Gasteiger partial charge in [0.15, 0.2) is 6.04 Å². The lowest BCUT2D eigenvalue weighted by Crippen LogP contribution is -3.27. The Bertz CT molecular complexity index is 866. The lowest BCUT2D eigenvalue weighted by atomic mass is 10.0. The Morgan fingerprint density at radius 1 is 0.964 bits per heavy atom. The predicted octanol–water partition coefficient (Wildman–Crippen LogP) is -0.273. The molecule has 2 aromatic carbocycles. The highest BCUT2D eigenvalue weighted by molar-refractivity contribution is 5.26. The smallest absolute Gasteiger partial charge is 0.214 e. The van der Waals surface area contributed by atoms with E-state index in [1.807, 2.05) is 4.68 Å². The third-order valence-corrected chi connectivity index (χ3v) is 5.84. The minimum atomic E-state index is 0.180. The number of hydrogen-bond donors (Lipinski definition) is 2. The molecule has 2 heterocycles. The first-order chi connectivity index (χ1) is 13.7. The van der Waals surface area contributed by atoms with Crippen LogP contribution in [0.4, 0.5) is 0 Å². The van der Waals surface area contributed by atoms with Crippen molar-refractivity contribution in [3.05, 3.63) is 77.1 Å². The summed E-state index contributed by atoms with van der Waals surface area (Å²) in [5.41, 5.74) is 3.89. The summed E-state index contributed by atoms with van der Waals surface area (Å²) in [4.78, 5) is 3.17. The average molecular weight is 379 g/mol. The van der Waals surface area contributed by atoms with Crippen LogP contribution in [0.25, 0.3) is 0 Å². The zero-order valence-electron chi connectivity index (χ0n) is 16.8. The van der Waals surface area contributed by atoms with E-state index < -0.39 is 0 Å². The fourth-order valence-corrected chi connectivity index (χ4v) is 4.07. The van der Waals surface area contributed by atoms with E-state index in [1.54, 1.807) is 9.80 Å². The first-order valence-corrected chi connectivity index (χ1v) is 10.2. The number of benzene rings is 2. The van der Waals surface area contributed by atoms with E-state index in [1.165, 1.54) is 29.8 Å². The highest BCUT2D eigenvalue weighted by atomic mass is 15.5. The Morgan fingerprint density at radius 3 is 2.39 bits per heavy atom. The molecule has 0 aliphatic carbocycles. The third kappa shape index (κ3) is 4.29. The minimum Gasteiger partial charge on any atom is -0.328 e. The normalized spacial score (nSPS) is 20.8. The van der Waals surface area contributed by atoms with E-state index in [9.17, 15) is 0 Å². The van der Waals surface area contributed by atoms with Crippen LogP contribution in [0.3, 0.4) is 0 Å². The first kappa shape index (κ1) is 18.8. The van der Waals surface area contributed by atoms with Crippen molar-refractivity contribution in [2.75, 3.05) is 33.2 Å². The Morgan fingerprint density at radius 2 is 1.68 bits per heavy atom. The average Bonchev–Trinajstić information content (AvgIpc) is 3.18. The fourth-order valence-electron chi connectivity index (χ4n) is 4.07. The molecule has 1 saturated heterocycles. The maximum atomic E-state index is 4.50. The molecule has 0 saturated carbocycles. The van der Waals surface area contributed by atoms with Crippen LogP contribution in [0.2, 0.25) is 0 Å². The molecular formula is C22H30N6+2. The van der Waals surface area contributed by atoms with Crippen molar-refractivity contribution in [3.8, 4) is 0 Å². The van der Waals surface area contributed by atoms with Crippen molar-refractivity contribution in [1.29, 1.82) is 0 Å². The van der Waals surface area contributed by atoms with E-state index in [2.05, 4.69) is 84.1 Å². The highest BCUT2D eigenvalue weighted by Crippen LogP contribution is 2.18. The number of aromatic nitrogens is 4. The number of nitrogens with zero attached hydrogens (tertiary/aromatic N) is 4. The Balaban J connectivity index is 1.61. The topological polar surface area (TPSA) is 52.5 Å². The molecule has 2 N–H and O–H groups in total. The van der Waals surface area contributed by atoms with E-state index in [0.29, 0.717) is 0 Å². The predicted molar refractivity (Wildman–Crippen MR) is 108 cm³/mol. The Kier molecular flexibility index (Phi) is 5.78. The Hall–Kier alpha value is -2.57.